The fourth-order valence-electron chi connectivity index (χ4n) is 1.54. The molecule has 0 saturated carbocycles. The van der Waals surface area contributed by atoms with Crippen LogP contribution in [0, 0.1) is 0 Å². The molecule has 3 N–H and O–H groups in total. The highest BCUT2D eigenvalue weighted by Gasteiger charge is 2.18. The Morgan fingerprint density at radius 2 is 2.25 bits per heavy atom. The number of benzene rings is 1. The molecule has 0 saturated heterocycles. The number of β-amino-alcohol motifs (C(OH)–C–C–N with tert-alkyl or cyclic N) is 1. The van der Waals surface area contributed by atoms with Gasteiger partial charge in [0.1, 0.15) is 5.75 Å². The van der Waals surface area contributed by atoms with Crippen molar-refractivity contribution in [3.05, 3.63) is 29.3 Å². The maximum absolute atomic E-state index is 9.51. The lowest BCUT2D eigenvalue weighted by atomic mass is 9.98. The normalized spacial score (nSPS) is 21.9. The van der Waals surface area contributed by atoms with E-state index < -0.39 is 6.10 Å². The molecule has 0 spiro atoms. The Bertz CT molecular complexity index is 299. The lowest BCUT2D eigenvalue weighted by molar-refractivity contribution is 0.164. The first-order chi connectivity index (χ1) is 5.79. The van der Waals surface area contributed by atoms with Crippen LogP contribution in [0.3, 0.4) is 0 Å². The van der Waals surface area contributed by atoms with Crippen LogP contribution in [0.1, 0.15) is 17.2 Å². The Labute approximate surface area is 70.7 Å². The molecule has 0 bridgehead atoms. The smallest absolute Gasteiger partial charge is 0.120 e. The minimum Gasteiger partial charge on any atom is -0.508 e. The Hall–Kier alpha value is -1.06. The van der Waals surface area contributed by atoms with E-state index in [-0.39, 0.29) is 5.75 Å². The number of hydrogen-bond donors (Lipinski definition) is 3. The summed E-state index contributed by atoms with van der Waals surface area (Å²) in [6.45, 7) is 1.20. The molecule has 0 unspecified atom stereocenters. The zero-order valence-electron chi connectivity index (χ0n) is 6.62. The van der Waals surface area contributed by atoms with Crippen LogP contribution in [-0.4, -0.2) is 16.8 Å². The van der Waals surface area contributed by atoms with Crippen LogP contribution in [0.25, 0.3) is 0 Å². The van der Waals surface area contributed by atoms with Crippen molar-refractivity contribution in [2.45, 2.75) is 12.6 Å². The largest absolute Gasteiger partial charge is 0.508 e. The Morgan fingerprint density at radius 1 is 1.42 bits per heavy atom. The van der Waals surface area contributed by atoms with Crippen molar-refractivity contribution in [3.8, 4) is 5.75 Å². The molecule has 1 atom stereocenters. The highest BCUT2D eigenvalue weighted by molar-refractivity contribution is 5.41. The van der Waals surface area contributed by atoms with Crippen molar-refractivity contribution in [1.29, 1.82) is 0 Å². The summed E-state index contributed by atoms with van der Waals surface area (Å²) in [6.07, 6.45) is -0.485. The molecule has 0 aliphatic carbocycles. The molecule has 1 aromatic rings. The summed E-state index contributed by atoms with van der Waals surface area (Å²) in [6, 6.07) is 5.24. The van der Waals surface area contributed by atoms with E-state index in [0.717, 1.165) is 11.1 Å². The van der Waals surface area contributed by atoms with E-state index in [1.54, 1.807) is 12.1 Å². The van der Waals surface area contributed by atoms with E-state index >= 15 is 0 Å². The lowest BCUT2D eigenvalue weighted by Crippen LogP contribution is -2.27. The van der Waals surface area contributed by atoms with Crippen molar-refractivity contribution >= 4 is 0 Å². The summed E-state index contributed by atoms with van der Waals surface area (Å²) in [7, 11) is 0. The van der Waals surface area contributed by atoms with E-state index in [0.29, 0.717) is 13.1 Å². The third-order valence-electron chi connectivity index (χ3n) is 2.19. The first-order valence-corrected chi connectivity index (χ1v) is 3.98. The topological polar surface area (TPSA) is 52.5 Å². The number of hydrogen-bond acceptors (Lipinski definition) is 3. The SMILES string of the molecule is Oc1cccc2c1CNC[C@H]2O. The van der Waals surface area contributed by atoms with E-state index in [1.807, 2.05) is 6.07 Å². The lowest BCUT2D eigenvalue weighted by Gasteiger charge is -2.22. The molecule has 0 radical (unpaired) electrons. The number of aliphatic hydroxyl groups excluding tert-OH is 1. The molecule has 0 aromatic heterocycles. The van der Waals surface area contributed by atoms with Gasteiger partial charge in [-0.15, -0.1) is 0 Å². The van der Waals surface area contributed by atoms with Gasteiger partial charge in [0.25, 0.3) is 0 Å². The van der Waals surface area contributed by atoms with Crippen molar-refractivity contribution in [3.63, 3.8) is 0 Å². The summed E-state index contributed by atoms with van der Waals surface area (Å²) in [5.41, 5.74) is 1.66. The van der Waals surface area contributed by atoms with Gasteiger partial charge < -0.3 is 15.5 Å². The van der Waals surface area contributed by atoms with Gasteiger partial charge in [0.2, 0.25) is 0 Å². The predicted octanol–water partition coefficient (Wildman–Crippen LogP) is 0.529. The van der Waals surface area contributed by atoms with Crippen LogP contribution in [0.5, 0.6) is 5.75 Å². The molecule has 2 rings (SSSR count). The van der Waals surface area contributed by atoms with Crippen molar-refractivity contribution < 1.29 is 10.2 Å². The van der Waals surface area contributed by atoms with Crippen LogP contribution in [0.2, 0.25) is 0 Å². The molecule has 3 nitrogen and oxygen atoms in total. The predicted molar refractivity (Wildman–Crippen MR) is 44.8 cm³/mol. The van der Waals surface area contributed by atoms with Gasteiger partial charge in [-0.3, -0.25) is 0 Å². The summed E-state index contributed by atoms with van der Waals surface area (Å²) in [4.78, 5) is 0. The van der Waals surface area contributed by atoms with Crippen LogP contribution < -0.4 is 5.32 Å². The minimum atomic E-state index is -0.485. The van der Waals surface area contributed by atoms with Crippen molar-refractivity contribution in [2.75, 3.05) is 6.54 Å². The quantitative estimate of drug-likeness (QED) is 0.525. The average Bonchev–Trinajstić information content (AvgIpc) is 2.07. The Kier molecular flexibility index (Phi) is 1.75. The number of rotatable bonds is 0. The molecule has 1 aliphatic heterocycles. The number of nitrogens with one attached hydrogen (secondary N) is 1. The third-order valence-corrected chi connectivity index (χ3v) is 2.19. The first kappa shape index (κ1) is 7.58. The standard InChI is InChI=1S/C9H11NO2/c11-8-3-1-2-6-7(8)4-10-5-9(6)12/h1-3,9-12H,4-5H2/t9-/m1/s1. The zero-order chi connectivity index (χ0) is 8.55. The summed E-state index contributed by atoms with van der Waals surface area (Å²) >= 11 is 0. The molecule has 0 amide bonds. The molecule has 1 heterocycles. The van der Waals surface area contributed by atoms with Gasteiger partial charge in [0.15, 0.2) is 0 Å². The van der Waals surface area contributed by atoms with Crippen LogP contribution in [-0.2, 0) is 6.54 Å². The van der Waals surface area contributed by atoms with Gasteiger partial charge in [-0.1, -0.05) is 12.1 Å². The van der Waals surface area contributed by atoms with Gasteiger partial charge in [0, 0.05) is 18.7 Å². The number of aromatic hydroxyl groups is 1. The first-order valence-electron chi connectivity index (χ1n) is 3.98. The minimum absolute atomic E-state index is 0.263. The van der Waals surface area contributed by atoms with Gasteiger partial charge in [0.05, 0.1) is 6.10 Å². The monoisotopic (exact) mass is 165 g/mol. The highest BCUT2D eigenvalue weighted by Crippen LogP contribution is 2.28. The van der Waals surface area contributed by atoms with E-state index in [1.165, 1.54) is 0 Å². The average molecular weight is 165 g/mol. The molecular formula is C9H11NO2. The third kappa shape index (κ3) is 1.07. The summed E-state index contributed by atoms with van der Waals surface area (Å²) in [5.74, 6) is 0.263. The van der Waals surface area contributed by atoms with Crippen molar-refractivity contribution in [1.82, 2.24) is 5.32 Å². The number of fused-ring (bicyclic) bond motifs is 1. The van der Waals surface area contributed by atoms with Gasteiger partial charge in [-0.2, -0.15) is 0 Å². The van der Waals surface area contributed by atoms with Gasteiger partial charge >= 0.3 is 0 Å². The zero-order valence-corrected chi connectivity index (χ0v) is 6.62. The van der Waals surface area contributed by atoms with Crippen molar-refractivity contribution in [2.24, 2.45) is 0 Å². The molecular weight excluding hydrogens is 154 g/mol. The number of phenolic OH excluding ortho intramolecular Hbond substituents is 1. The Morgan fingerprint density at radius 3 is 3.00 bits per heavy atom. The number of phenols is 1. The maximum atomic E-state index is 9.51. The van der Waals surface area contributed by atoms with Crippen LogP contribution in [0.15, 0.2) is 18.2 Å². The highest BCUT2D eigenvalue weighted by atomic mass is 16.3. The van der Waals surface area contributed by atoms with Gasteiger partial charge in [-0.05, 0) is 11.6 Å². The van der Waals surface area contributed by atoms with Gasteiger partial charge in [-0.25, -0.2) is 0 Å². The molecule has 1 aliphatic rings. The molecule has 64 valence electrons. The van der Waals surface area contributed by atoms with E-state index in [4.69, 9.17) is 0 Å². The van der Waals surface area contributed by atoms with Crippen LogP contribution >= 0.6 is 0 Å². The summed E-state index contributed by atoms with van der Waals surface area (Å²) < 4.78 is 0. The molecule has 12 heavy (non-hydrogen) atoms. The molecule has 1 aromatic carbocycles. The van der Waals surface area contributed by atoms with E-state index in [2.05, 4.69) is 5.32 Å². The fraction of sp³-hybridized carbons (Fsp3) is 0.333. The van der Waals surface area contributed by atoms with E-state index in [9.17, 15) is 10.2 Å². The fourth-order valence-corrected chi connectivity index (χ4v) is 1.54. The molecule has 0 fully saturated rings. The second-order valence-corrected chi connectivity index (χ2v) is 2.99. The second kappa shape index (κ2) is 2.77. The molecule has 3 heteroatoms. The Balaban J connectivity index is 2.52. The number of aliphatic hydroxyl groups is 1. The van der Waals surface area contributed by atoms with Crippen LogP contribution in [0.4, 0.5) is 0 Å². The maximum Gasteiger partial charge on any atom is 0.120 e. The second-order valence-electron chi connectivity index (χ2n) is 2.99. The summed E-state index contributed by atoms with van der Waals surface area (Å²) in [5, 5.41) is 22.0.